The normalized spacial score (nSPS) is 21.2. The highest BCUT2D eigenvalue weighted by Crippen LogP contribution is 2.24. The van der Waals surface area contributed by atoms with Crippen LogP contribution in [-0.2, 0) is 0 Å². The first-order valence-electron chi connectivity index (χ1n) is 6.18. The Morgan fingerprint density at radius 2 is 2.27 bits per heavy atom. The van der Waals surface area contributed by atoms with Crippen molar-refractivity contribution >= 4 is 0 Å². The minimum absolute atomic E-state index is 0.742. The monoisotopic (exact) mass is 204 g/mol. The van der Waals surface area contributed by atoms with Crippen LogP contribution in [-0.4, -0.2) is 0 Å². The van der Waals surface area contributed by atoms with E-state index < -0.39 is 0 Å². The first-order chi connectivity index (χ1) is 7.22. The van der Waals surface area contributed by atoms with Crippen LogP contribution in [0.15, 0.2) is 36.0 Å². The quantitative estimate of drug-likeness (QED) is 0.435. The van der Waals surface area contributed by atoms with Crippen LogP contribution >= 0.6 is 0 Å². The maximum atomic E-state index is 3.76. The molecule has 0 amide bonds. The second-order valence-electron chi connectivity index (χ2n) is 4.78. The molecule has 1 aliphatic carbocycles. The van der Waals surface area contributed by atoms with Crippen LogP contribution in [0.3, 0.4) is 0 Å². The highest BCUT2D eigenvalue weighted by atomic mass is 14.1. The first-order valence-corrected chi connectivity index (χ1v) is 6.18. The minimum Gasteiger partial charge on any atom is -0.103 e. The average Bonchev–Trinajstić information content (AvgIpc) is 2.22. The van der Waals surface area contributed by atoms with Crippen LogP contribution in [0, 0.1) is 5.92 Å². The zero-order valence-corrected chi connectivity index (χ0v) is 10.3. The number of hydrogen-bond acceptors (Lipinski definition) is 0. The van der Waals surface area contributed by atoms with E-state index in [-0.39, 0.29) is 0 Å². The molecule has 0 N–H and O–H groups in total. The van der Waals surface area contributed by atoms with Gasteiger partial charge in [0, 0.05) is 0 Å². The van der Waals surface area contributed by atoms with E-state index in [9.17, 15) is 0 Å². The summed E-state index contributed by atoms with van der Waals surface area (Å²) in [6.45, 7) is 8.33. The Balaban J connectivity index is 2.32. The van der Waals surface area contributed by atoms with Gasteiger partial charge in [0.2, 0.25) is 0 Å². The van der Waals surface area contributed by atoms with Crippen LogP contribution in [0.5, 0.6) is 0 Å². The topological polar surface area (TPSA) is 0 Å². The molecule has 0 spiro atoms. The lowest BCUT2D eigenvalue weighted by Crippen LogP contribution is -1.97. The van der Waals surface area contributed by atoms with Gasteiger partial charge in [0.05, 0.1) is 0 Å². The minimum atomic E-state index is 0.742. The predicted octanol–water partition coefficient (Wildman–Crippen LogP) is 5.04. The maximum Gasteiger partial charge on any atom is -0.0136 e. The van der Waals surface area contributed by atoms with Crippen LogP contribution in [0.2, 0.25) is 0 Å². The molecule has 0 aromatic heterocycles. The standard InChI is InChI=1S/C15H24/c1-4-5-6-7-14(3)12-15-10-8-13(2)9-11-15/h4,8,12,14H,1,5-7,9-11H2,2-3H3/b15-12+. The molecule has 0 heteroatoms. The second-order valence-corrected chi connectivity index (χ2v) is 4.78. The summed E-state index contributed by atoms with van der Waals surface area (Å²) in [6.07, 6.45) is 14.4. The summed E-state index contributed by atoms with van der Waals surface area (Å²) in [4.78, 5) is 0. The molecule has 0 nitrogen and oxygen atoms in total. The fraction of sp³-hybridized carbons (Fsp3) is 0.600. The molecule has 1 aliphatic rings. The first kappa shape index (κ1) is 12.3. The summed E-state index contributed by atoms with van der Waals surface area (Å²) in [5.41, 5.74) is 3.21. The van der Waals surface area contributed by atoms with Crippen molar-refractivity contribution in [1.82, 2.24) is 0 Å². The molecular weight excluding hydrogens is 180 g/mol. The lowest BCUT2D eigenvalue weighted by atomic mass is 9.91. The van der Waals surface area contributed by atoms with Gasteiger partial charge in [-0.15, -0.1) is 6.58 Å². The molecule has 0 saturated heterocycles. The highest BCUT2D eigenvalue weighted by molar-refractivity contribution is 5.18. The molecule has 0 aromatic carbocycles. The molecule has 0 aromatic rings. The second kappa shape index (κ2) is 6.66. The van der Waals surface area contributed by atoms with Crippen LogP contribution in [0.4, 0.5) is 0 Å². The lowest BCUT2D eigenvalue weighted by Gasteiger charge is -2.15. The van der Waals surface area contributed by atoms with Gasteiger partial charge < -0.3 is 0 Å². The molecule has 0 fully saturated rings. The van der Waals surface area contributed by atoms with Gasteiger partial charge in [0.25, 0.3) is 0 Å². The predicted molar refractivity (Wildman–Crippen MR) is 68.9 cm³/mol. The van der Waals surface area contributed by atoms with Crippen molar-refractivity contribution in [1.29, 1.82) is 0 Å². The summed E-state index contributed by atoms with van der Waals surface area (Å²) in [7, 11) is 0. The van der Waals surface area contributed by atoms with Gasteiger partial charge in [0.15, 0.2) is 0 Å². The van der Waals surface area contributed by atoms with Gasteiger partial charge in [-0.2, -0.15) is 0 Å². The third-order valence-corrected chi connectivity index (χ3v) is 3.14. The summed E-state index contributed by atoms with van der Waals surface area (Å²) in [6, 6.07) is 0. The molecule has 0 heterocycles. The van der Waals surface area contributed by atoms with E-state index in [2.05, 4.69) is 32.6 Å². The summed E-state index contributed by atoms with van der Waals surface area (Å²) >= 11 is 0. The number of allylic oxidation sites excluding steroid dienone is 5. The Morgan fingerprint density at radius 3 is 2.87 bits per heavy atom. The fourth-order valence-corrected chi connectivity index (χ4v) is 2.09. The van der Waals surface area contributed by atoms with E-state index in [1.807, 2.05) is 6.08 Å². The molecule has 0 aliphatic heterocycles. The molecule has 1 unspecified atom stereocenters. The SMILES string of the molecule is C=CCCCC(C)/C=C1\CC=C(C)CC1. The van der Waals surface area contributed by atoms with E-state index >= 15 is 0 Å². The zero-order chi connectivity index (χ0) is 11.1. The van der Waals surface area contributed by atoms with Crippen LogP contribution < -0.4 is 0 Å². The molecule has 0 saturated carbocycles. The molecule has 1 atom stereocenters. The van der Waals surface area contributed by atoms with E-state index in [0.717, 1.165) is 12.3 Å². The van der Waals surface area contributed by atoms with Gasteiger partial charge in [-0.05, 0) is 51.4 Å². The van der Waals surface area contributed by atoms with Crippen molar-refractivity contribution in [2.45, 2.75) is 52.4 Å². The van der Waals surface area contributed by atoms with E-state index in [1.165, 1.54) is 32.1 Å². The maximum absolute atomic E-state index is 3.76. The Morgan fingerprint density at radius 1 is 1.47 bits per heavy atom. The van der Waals surface area contributed by atoms with Gasteiger partial charge in [0.1, 0.15) is 0 Å². The summed E-state index contributed by atoms with van der Waals surface area (Å²) < 4.78 is 0. The van der Waals surface area contributed by atoms with Crippen molar-refractivity contribution in [3.8, 4) is 0 Å². The Hall–Kier alpha value is -0.780. The van der Waals surface area contributed by atoms with E-state index in [0.29, 0.717) is 0 Å². The smallest absolute Gasteiger partial charge is 0.0136 e. The molecule has 1 rings (SSSR count). The third-order valence-electron chi connectivity index (χ3n) is 3.14. The van der Waals surface area contributed by atoms with E-state index in [1.54, 1.807) is 11.1 Å². The Kier molecular flexibility index (Phi) is 5.45. The van der Waals surface area contributed by atoms with Crippen molar-refractivity contribution in [3.63, 3.8) is 0 Å². The summed E-state index contributed by atoms with van der Waals surface area (Å²) in [5, 5.41) is 0. The Labute approximate surface area is 94.8 Å². The fourth-order valence-electron chi connectivity index (χ4n) is 2.09. The van der Waals surface area contributed by atoms with Crippen molar-refractivity contribution in [2.75, 3.05) is 0 Å². The largest absolute Gasteiger partial charge is 0.103 e. The molecular formula is C15H24. The number of hydrogen-bond donors (Lipinski definition) is 0. The van der Waals surface area contributed by atoms with Gasteiger partial charge in [-0.25, -0.2) is 0 Å². The van der Waals surface area contributed by atoms with Crippen LogP contribution in [0.25, 0.3) is 0 Å². The van der Waals surface area contributed by atoms with Crippen molar-refractivity contribution in [2.24, 2.45) is 5.92 Å². The van der Waals surface area contributed by atoms with E-state index in [4.69, 9.17) is 0 Å². The molecule has 0 bridgehead atoms. The third kappa shape index (κ3) is 5.01. The molecule has 15 heavy (non-hydrogen) atoms. The average molecular weight is 204 g/mol. The van der Waals surface area contributed by atoms with Gasteiger partial charge in [-0.1, -0.05) is 36.3 Å². The van der Waals surface area contributed by atoms with Crippen molar-refractivity contribution in [3.05, 3.63) is 36.0 Å². The molecule has 84 valence electrons. The zero-order valence-electron chi connectivity index (χ0n) is 10.3. The Bertz CT molecular complexity index is 255. The lowest BCUT2D eigenvalue weighted by molar-refractivity contribution is 0.604. The number of rotatable bonds is 5. The van der Waals surface area contributed by atoms with Crippen LogP contribution in [0.1, 0.15) is 52.4 Å². The molecule has 0 radical (unpaired) electrons. The summed E-state index contributed by atoms with van der Waals surface area (Å²) in [5.74, 6) is 0.742. The van der Waals surface area contributed by atoms with Gasteiger partial charge in [-0.3, -0.25) is 0 Å². The highest BCUT2D eigenvalue weighted by Gasteiger charge is 2.06. The number of unbranched alkanes of at least 4 members (excludes halogenated alkanes) is 1. The van der Waals surface area contributed by atoms with Gasteiger partial charge >= 0.3 is 0 Å². The van der Waals surface area contributed by atoms with Crippen molar-refractivity contribution < 1.29 is 0 Å².